The number of hydrogen-bond acceptors (Lipinski definition) is 10. The summed E-state index contributed by atoms with van der Waals surface area (Å²) in [5, 5.41) is 0. The molecule has 1 aromatic carbocycles. The highest BCUT2D eigenvalue weighted by Crippen LogP contribution is 2.29. The van der Waals surface area contributed by atoms with Gasteiger partial charge in [-0.3, -0.25) is 4.79 Å². The minimum atomic E-state index is -2.34. The molecule has 0 fully saturated rings. The molecule has 0 atom stereocenters. The van der Waals surface area contributed by atoms with Crippen LogP contribution in [0.2, 0.25) is 0 Å². The first-order valence-corrected chi connectivity index (χ1v) is 15.2. The highest BCUT2D eigenvalue weighted by atomic mass is 19.2. The maximum atomic E-state index is 13.5. The maximum absolute atomic E-state index is 13.5. The van der Waals surface area contributed by atoms with Gasteiger partial charge in [0.25, 0.3) is 0 Å². The van der Waals surface area contributed by atoms with Gasteiger partial charge in [-0.1, -0.05) is 32.6 Å². The number of carbonyl (C=O) groups excluding carboxylic acids is 1. The van der Waals surface area contributed by atoms with E-state index >= 15 is 0 Å². The van der Waals surface area contributed by atoms with Crippen molar-refractivity contribution in [1.29, 1.82) is 0 Å². The first-order valence-electron chi connectivity index (χ1n) is 15.2. The largest absolute Gasteiger partial charge is 0.420 e. The summed E-state index contributed by atoms with van der Waals surface area (Å²) in [6.07, 6.45) is 5.65. The SMILES string of the molecule is CCCCCCCOCCOCCOCCOCCOCCOCCOCCOCCC(=O)Oc1c(F)c(F)c(F)c(F)c1F. The zero-order valence-corrected chi connectivity index (χ0v) is 26.0. The molecule has 1 aromatic rings. The van der Waals surface area contributed by atoms with Crippen molar-refractivity contribution < 1.29 is 69.4 Å². The van der Waals surface area contributed by atoms with E-state index in [1.165, 1.54) is 25.7 Å². The third-order valence-corrected chi connectivity index (χ3v) is 5.83. The van der Waals surface area contributed by atoms with Crippen LogP contribution in [0.3, 0.4) is 0 Å². The third kappa shape index (κ3) is 20.7. The maximum Gasteiger partial charge on any atom is 0.313 e. The molecule has 0 N–H and O–H groups in total. The molecule has 1 rings (SSSR count). The van der Waals surface area contributed by atoms with Crippen LogP contribution in [-0.4, -0.2) is 112 Å². The highest BCUT2D eigenvalue weighted by Gasteiger charge is 2.28. The quantitative estimate of drug-likeness (QED) is 0.0276. The van der Waals surface area contributed by atoms with Crippen LogP contribution in [0.15, 0.2) is 0 Å². The molecule has 0 saturated heterocycles. The summed E-state index contributed by atoms with van der Waals surface area (Å²) < 4.78 is 114. The number of benzene rings is 1. The number of hydrogen-bond donors (Lipinski definition) is 0. The molecule has 0 aliphatic carbocycles. The first kappa shape index (κ1) is 41.0. The standard InChI is InChI=1S/C30H47F5O10/c1-2-3-4-5-6-8-37-10-12-39-14-16-41-18-20-43-22-23-44-21-19-42-17-15-40-13-11-38-9-7-24(36)45-30-28(34)26(32)25(31)27(33)29(30)35/h2-23H2,1H3. The number of unbranched alkanes of at least 4 members (excludes halogenated alkanes) is 4. The van der Waals surface area contributed by atoms with E-state index < -0.39 is 47.2 Å². The van der Waals surface area contributed by atoms with E-state index in [-0.39, 0.29) is 26.4 Å². The molecule has 0 amide bonds. The normalized spacial score (nSPS) is 11.4. The van der Waals surface area contributed by atoms with E-state index in [1.807, 2.05) is 0 Å². The van der Waals surface area contributed by atoms with E-state index in [4.69, 9.17) is 37.9 Å². The van der Waals surface area contributed by atoms with Crippen LogP contribution in [0.4, 0.5) is 22.0 Å². The van der Waals surface area contributed by atoms with Gasteiger partial charge in [0.05, 0.1) is 106 Å². The van der Waals surface area contributed by atoms with Gasteiger partial charge in [0, 0.05) is 6.61 Å². The molecular weight excluding hydrogens is 615 g/mol. The van der Waals surface area contributed by atoms with Gasteiger partial charge in [0.2, 0.25) is 34.8 Å². The Morgan fingerprint density at radius 3 is 1.11 bits per heavy atom. The Morgan fingerprint density at radius 1 is 0.422 bits per heavy atom. The molecular formula is C30H47F5O10. The molecule has 0 unspecified atom stereocenters. The van der Waals surface area contributed by atoms with Gasteiger partial charge in [-0.25, -0.2) is 13.2 Å². The molecule has 0 bridgehead atoms. The van der Waals surface area contributed by atoms with Gasteiger partial charge < -0.3 is 42.6 Å². The highest BCUT2D eigenvalue weighted by molar-refractivity contribution is 5.72. The van der Waals surface area contributed by atoms with Crippen molar-refractivity contribution in [2.24, 2.45) is 0 Å². The van der Waals surface area contributed by atoms with Gasteiger partial charge >= 0.3 is 5.97 Å². The van der Waals surface area contributed by atoms with Crippen LogP contribution in [0.5, 0.6) is 5.75 Å². The summed E-state index contributed by atoms with van der Waals surface area (Å²) in [6, 6.07) is 0. The summed E-state index contributed by atoms with van der Waals surface area (Å²) in [7, 11) is 0. The first-order chi connectivity index (χ1) is 21.9. The molecule has 10 nitrogen and oxygen atoms in total. The summed E-state index contributed by atoms with van der Waals surface area (Å²) in [4.78, 5) is 11.6. The van der Waals surface area contributed by atoms with Gasteiger partial charge in [-0.15, -0.1) is 0 Å². The van der Waals surface area contributed by atoms with Crippen LogP contribution in [0.25, 0.3) is 0 Å². The molecule has 0 radical (unpaired) electrons. The Hall–Kier alpha value is -1.98. The second-order valence-electron chi connectivity index (χ2n) is 9.44. The summed E-state index contributed by atoms with van der Waals surface area (Å²) in [5.74, 6) is -14.1. The fraction of sp³-hybridized carbons (Fsp3) is 0.767. The lowest BCUT2D eigenvalue weighted by atomic mass is 10.2. The van der Waals surface area contributed by atoms with Crippen LogP contribution in [-0.2, 0) is 42.7 Å². The molecule has 0 aliphatic heterocycles. The zero-order chi connectivity index (χ0) is 33.0. The van der Waals surface area contributed by atoms with Crippen molar-refractivity contribution in [3.63, 3.8) is 0 Å². The lowest BCUT2D eigenvalue weighted by molar-refractivity contribution is -0.136. The third-order valence-electron chi connectivity index (χ3n) is 5.83. The Kier molecular flexibility index (Phi) is 25.8. The number of ether oxygens (including phenoxy) is 9. The fourth-order valence-corrected chi connectivity index (χ4v) is 3.44. The van der Waals surface area contributed by atoms with Crippen molar-refractivity contribution in [3.05, 3.63) is 29.1 Å². The Morgan fingerprint density at radius 2 is 0.733 bits per heavy atom. The molecule has 0 saturated carbocycles. The van der Waals surface area contributed by atoms with Crippen molar-refractivity contribution in [2.45, 2.75) is 45.4 Å². The van der Waals surface area contributed by atoms with Crippen LogP contribution in [0.1, 0.15) is 45.4 Å². The molecule has 15 heteroatoms. The lowest BCUT2D eigenvalue weighted by Crippen LogP contribution is -2.16. The fourth-order valence-electron chi connectivity index (χ4n) is 3.44. The average molecular weight is 663 g/mol. The molecule has 0 aliphatic rings. The zero-order valence-electron chi connectivity index (χ0n) is 26.0. The minimum absolute atomic E-state index is 0.0898. The van der Waals surface area contributed by atoms with Crippen LogP contribution < -0.4 is 4.74 Å². The van der Waals surface area contributed by atoms with Crippen LogP contribution >= 0.6 is 0 Å². The predicted octanol–water partition coefficient (Wildman–Crippen LogP) is 4.78. The second-order valence-corrected chi connectivity index (χ2v) is 9.44. The minimum Gasteiger partial charge on any atom is -0.420 e. The number of carbonyl (C=O) groups is 1. The summed E-state index contributed by atoms with van der Waals surface area (Å²) in [6.45, 7) is 8.40. The van der Waals surface area contributed by atoms with E-state index in [1.54, 1.807) is 0 Å². The summed E-state index contributed by atoms with van der Waals surface area (Å²) >= 11 is 0. The smallest absolute Gasteiger partial charge is 0.313 e. The van der Waals surface area contributed by atoms with Gasteiger partial charge in [-0.2, -0.15) is 8.78 Å². The monoisotopic (exact) mass is 662 g/mol. The van der Waals surface area contributed by atoms with Crippen molar-refractivity contribution >= 4 is 5.97 Å². The average Bonchev–Trinajstić information content (AvgIpc) is 3.04. The Balaban J connectivity index is 1.78. The van der Waals surface area contributed by atoms with Crippen molar-refractivity contribution in [2.75, 3.05) is 106 Å². The topological polar surface area (TPSA) is 100 Å². The van der Waals surface area contributed by atoms with Crippen LogP contribution in [0, 0.1) is 29.1 Å². The van der Waals surface area contributed by atoms with E-state index in [2.05, 4.69) is 11.7 Å². The predicted molar refractivity (Wildman–Crippen MR) is 152 cm³/mol. The lowest BCUT2D eigenvalue weighted by Gasteiger charge is -2.09. The number of esters is 1. The Labute approximate surface area is 261 Å². The van der Waals surface area contributed by atoms with E-state index in [0.29, 0.717) is 72.7 Å². The van der Waals surface area contributed by atoms with Crippen molar-refractivity contribution in [3.8, 4) is 5.75 Å². The summed E-state index contributed by atoms with van der Waals surface area (Å²) in [5.41, 5.74) is 0. The Bertz CT molecular complexity index is 868. The second kappa shape index (κ2) is 28.3. The van der Waals surface area contributed by atoms with E-state index in [0.717, 1.165) is 13.0 Å². The van der Waals surface area contributed by atoms with Gasteiger partial charge in [0.1, 0.15) is 0 Å². The molecule has 0 heterocycles. The molecule has 45 heavy (non-hydrogen) atoms. The van der Waals surface area contributed by atoms with E-state index in [9.17, 15) is 26.7 Å². The molecule has 0 aromatic heterocycles. The molecule has 0 spiro atoms. The van der Waals surface area contributed by atoms with Gasteiger partial charge in [-0.05, 0) is 6.42 Å². The number of rotatable bonds is 31. The molecule has 262 valence electrons. The van der Waals surface area contributed by atoms with Gasteiger partial charge in [0.15, 0.2) is 0 Å². The van der Waals surface area contributed by atoms with Crippen molar-refractivity contribution in [1.82, 2.24) is 0 Å². The number of halogens is 5.